The van der Waals surface area contributed by atoms with Gasteiger partial charge < -0.3 is 10.3 Å². The van der Waals surface area contributed by atoms with Gasteiger partial charge in [-0.25, -0.2) is 4.98 Å². The summed E-state index contributed by atoms with van der Waals surface area (Å²) in [6, 6.07) is 0. The van der Waals surface area contributed by atoms with E-state index < -0.39 is 0 Å². The van der Waals surface area contributed by atoms with E-state index in [1.165, 1.54) is 0 Å². The molecule has 0 saturated carbocycles. The summed E-state index contributed by atoms with van der Waals surface area (Å²) in [4.78, 5) is 4.22. The third kappa shape index (κ3) is 3.30. The number of imidazole rings is 1. The van der Waals surface area contributed by atoms with Gasteiger partial charge in [-0.15, -0.1) is 11.8 Å². The zero-order valence-electron chi connectivity index (χ0n) is 7.95. The second kappa shape index (κ2) is 5.39. The second-order valence-electron chi connectivity index (χ2n) is 2.82. The molecule has 0 saturated heterocycles. The Morgan fingerprint density at radius 2 is 2.46 bits per heavy atom. The van der Waals surface area contributed by atoms with Gasteiger partial charge in [0, 0.05) is 25.6 Å². The summed E-state index contributed by atoms with van der Waals surface area (Å²) in [7, 11) is 0. The monoisotopic (exact) mass is 177 g/mol. The quantitative estimate of drug-likeness (QED) is 0.691. The topological polar surface area (TPSA) is 43.8 Å². The molecule has 0 amide bonds. The van der Waals surface area contributed by atoms with Crippen LogP contribution in [0, 0.1) is 11.8 Å². The Morgan fingerprint density at radius 3 is 3.15 bits per heavy atom. The van der Waals surface area contributed by atoms with E-state index in [2.05, 4.69) is 21.4 Å². The zero-order chi connectivity index (χ0) is 9.52. The molecule has 0 radical (unpaired) electrons. The summed E-state index contributed by atoms with van der Waals surface area (Å²) in [5.41, 5.74) is 6.48. The van der Waals surface area contributed by atoms with Gasteiger partial charge in [0.2, 0.25) is 0 Å². The highest BCUT2D eigenvalue weighted by atomic mass is 15.0. The molecular weight excluding hydrogens is 162 g/mol. The molecule has 3 heteroatoms. The first-order valence-corrected chi connectivity index (χ1v) is 4.47. The lowest BCUT2D eigenvalue weighted by Gasteiger charge is -1.95. The Balaban J connectivity index is 2.42. The molecule has 0 aliphatic heterocycles. The smallest absolute Gasteiger partial charge is 0.0949 e. The number of aryl methyl sites for hydroxylation is 1. The van der Waals surface area contributed by atoms with Crippen molar-refractivity contribution in [1.29, 1.82) is 0 Å². The molecule has 0 aliphatic rings. The Bertz CT molecular complexity index is 303. The Labute approximate surface area is 79.0 Å². The van der Waals surface area contributed by atoms with Crippen LogP contribution >= 0.6 is 0 Å². The number of rotatable bonds is 4. The zero-order valence-corrected chi connectivity index (χ0v) is 7.95. The molecule has 2 N–H and O–H groups in total. The van der Waals surface area contributed by atoms with Crippen molar-refractivity contribution in [2.45, 2.75) is 26.3 Å². The minimum absolute atomic E-state index is 0.659. The lowest BCUT2D eigenvalue weighted by Crippen LogP contribution is -2.02. The summed E-state index contributed by atoms with van der Waals surface area (Å²) >= 11 is 0. The maximum Gasteiger partial charge on any atom is 0.0949 e. The van der Waals surface area contributed by atoms with Crippen LogP contribution in [-0.4, -0.2) is 16.1 Å². The van der Waals surface area contributed by atoms with E-state index >= 15 is 0 Å². The van der Waals surface area contributed by atoms with E-state index in [0.29, 0.717) is 6.54 Å². The fourth-order valence-electron chi connectivity index (χ4n) is 1.12. The van der Waals surface area contributed by atoms with Crippen molar-refractivity contribution in [3.8, 4) is 11.8 Å². The predicted octanol–water partition coefficient (Wildman–Crippen LogP) is 0.798. The van der Waals surface area contributed by atoms with Gasteiger partial charge in [-0.1, -0.05) is 0 Å². The van der Waals surface area contributed by atoms with Gasteiger partial charge in [0.1, 0.15) is 0 Å². The van der Waals surface area contributed by atoms with E-state index in [1.54, 1.807) is 0 Å². The van der Waals surface area contributed by atoms with Gasteiger partial charge in [-0.05, 0) is 13.5 Å². The third-order valence-electron chi connectivity index (χ3n) is 1.76. The number of nitrogens with zero attached hydrogens (tertiary/aromatic N) is 2. The van der Waals surface area contributed by atoms with Crippen LogP contribution in [0.3, 0.4) is 0 Å². The molecule has 0 aliphatic carbocycles. The molecule has 70 valence electrons. The first kappa shape index (κ1) is 9.82. The van der Waals surface area contributed by atoms with Gasteiger partial charge >= 0.3 is 0 Å². The summed E-state index contributed by atoms with van der Waals surface area (Å²) in [5, 5.41) is 0. The third-order valence-corrected chi connectivity index (χ3v) is 1.76. The summed E-state index contributed by atoms with van der Waals surface area (Å²) in [5.74, 6) is 5.88. The Hall–Kier alpha value is -1.27. The lowest BCUT2D eigenvalue weighted by molar-refractivity contribution is 0.717. The molecule has 13 heavy (non-hydrogen) atoms. The van der Waals surface area contributed by atoms with Crippen LogP contribution in [0.2, 0.25) is 0 Å². The molecule has 3 nitrogen and oxygen atoms in total. The van der Waals surface area contributed by atoms with Crippen molar-refractivity contribution in [2.24, 2.45) is 5.73 Å². The molecule has 1 heterocycles. The van der Waals surface area contributed by atoms with Crippen LogP contribution in [0.4, 0.5) is 0 Å². The molecule has 1 aromatic heterocycles. The highest BCUT2D eigenvalue weighted by Gasteiger charge is 1.95. The Morgan fingerprint density at radius 1 is 1.62 bits per heavy atom. The lowest BCUT2D eigenvalue weighted by atomic mass is 10.3. The maximum atomic E-state index is 5.42. The fraction of sp³-hybridized carbons (Fsp3) is 0.500. The first-order valence-electron chi connectivity index (χ1n) is 4.47. The minimum Gasteiger partial charge on any atom is -0.336 e. The number of hydrogen-bond donors (Lipinski definition) is 1. The van der Waals surface area contributed by atoms with Crippen LogP contribution < -0.4 is 5.73 Å². The molecule has 1 aromatic rings. The van der Waals surface area contributed by atoms with Gasteiger partial charge in [0.05, 0.1) is 12.0 Å². The molecule has 0 aromatic carbocycles. The van der Waals surface area contributed by atoms with Crippen molar-refractivity contribution in [3.05, 3.63) is 18.2 Å². The molecular formula is C10H15N3. The number of nitrogens with two attached hydrogens (primary N) is 1. The fourth-order valence-corrected chi connectivity index (χ4v) is 1.12. The average Bonchev–Trinajstić information content (AvgIpc) is 2.54. The van der Waals surface area contributed by atoms with E-state index in [1.807, 2.05) is 19.4 Å². The van der Waals surface area contributed by atoms with E-state index in [9.17, 15) is 0 Å². The van der Waals surface area contributed by atoms with Crippen LogP contribution in [0.15, 0.2) is 12.5 Å². The van der Waals surface area contributed by atoms with Gasteiger partial charge in [-0.3, -0.25) is 0 Å². The molecule has 0 fully saturated rings. The van der Waals surface area contributed by atoms with Gasteiger partial charge in [0.25, 0.3) is 0 Å². The maximum absolute atomic E-state index is 5.42. The predicted molar refractivity (Wildman–Crippen MR) is 53.1 cm³/mol. The molecule has 1 rings (SSSR count). The van der Waals surface area contributed by atoms with Crippen molar-refractivity contribution >= 4 is 0 Å². The van der Waals surface area contributed by atoms with Crippen molar-refractivity contribution < 1.29 is 0 Å². The SMILES string of the molecule is CC#CCCn1cnc(CCN)c1. The molecule has 0 bridgehead atoms. The van der Waals surface area contributed by atoms with E-state index in [0.717, 1.165) is 25.1 Å². The second-order valence-corrected chi connectivity index (χ2v) is 2.82. The largest absolute Gasteiger partial charge is 0.336 e. The first-order chi connectivity index (χ1) is 6.36. The summed E-state index contributed by atoms with van der Waals surface area (Å²) < 4.78 is 2.05. The molecule has 0 unspecified atom stereocenters. The molecule has 0 atom stereocenters. The molecule has 0 spiro atoms. The van der Waals surface area contributed by atoms with E-state index in [4.69, 9.17) is 5.73 Å². The average molecular weight is 177 g/mol. The number of aromatic nitrogens is 2. The highest BCUT2D eigenvalue weighted by molar-refractivity contribution is 4.99. The van der Waals surface area contributed by atoms with Crippen LogP contribution in [0.5, 0.6) is 0 Å². The van der Waals surface area contributed by atoms with Crippen molar-refractivity contribution in [2.75, 3.05) is 6.54 Å². The highest BCUT2D eigenvalue weighted by Crippen LogP contribution is 1.97. The van der Waals surface area contributed by atoms with Gasteiger partial charge in [-0.2, -0.15) is 0 Å². The Kier molecular flexibility index (Phi) is 4.07. The summed E-state index contributed by atoms with van der Waals surface area (Å²) in [6.07, 6.45) is 5.61. The van der Waals surface area contributed by atoms with Gasteiger partial charge in [0.15, 0.2) is 0 Å². The van der Waals surface area contributed by atoms with E-state index in [-0.39, 0.29) is 0 Å². The normalized spacial score (nSPS) is 9.38. The standard InChI is InChI=1S/C10H15N3/c1-2-3-4-7-13-8-10(5-6-11)12-9-13/h8-9H,4-7,11H2,1H3. The van der Waals surface area contributed by atoms with Crippen LogP contribution in [-0.2, 0) is 13.0 Å². The van der Waals surface area contributed by atoms with Crippen molar-refractivity contribution in [1.82, 2.24) is 9.55 Å². The summed E-state index contributed by atoms with van der Waals surface area (Å²) in [6.45, 7) is 3.43. The van der Waals surface area contributed by atoms with Crippen LogP contribution in [0.25, 0.3) is 0 Å². The van der Waals surface area contributed by atoms with Crippen LogP contribution in [0.1, 0.15) is 19.0 Å². The minimum atomic E-state index is 0.659. The van der Waals surface area contributed by atoms with Crippen molar-refractivity contribution in [3.63, 3.8) is 0 Å². The number of hydrogen-bond acceptors (Lipinski definition) is 2.